The molecule has 0 N–H and O–H groups in total. The van der Waals surface area contributed by atoms with E-state index in [1.165, 1.54) is 21.7 Å². The third-order valence-corrected chi connectivity index (χ3v) is 4.93. The maximum atomic E-state index is 6.28. The van der Waals surface area contributed by atoms with E-state index in [-0.39, 0.29) is 0 Å². The van der Waals surface area contributed by atoms with Crippen molar-refractivity contribution in [2.24, 2.45) is 0 Å². The Morgan fingerprint density at radius 2 is 1.26 bits per heavy atom. The summed E-state index contributed by atoms with van der Waals surface area (Å²) in [5.74, 6) is 0. The molecule has 5 rings (SSSR count). The molecule has 0 saturated carbocycles. The number of rotatable bonds is 0. The van der Waals surface area contributed by atoms with Crippen molar-refractivity contribution in [3.63, 3.8) is 0 Å². The zero-order chi connectivity index (χ0) is 15.6. The molecule has 2 heterocycles. The molecule has 5 aromatic rings. The largest absolute Gasteiger partial charge is 0.309 e. The molecular weight excluding hydrogens is 325 g/mol. The van der Waals surface area contributed by atoms with Crippen LogP contribution in [-0.4, -0.2) is 4.40 Å². The van der Waals surface area contributed by atoms with Gasteiger partial charge in [0.2, 0.25) is 0 Å². The molecule has 0 amide bonds. The van der Waals surface area contributed by atoms with Crippen molar-refractivity contribution in [3.05, 3.63) is 76.8 Å². The highest BCUT2D eigenvalue weighted by molar-refractivity contribution is 6.33. The van der Waals surface area contributed by atoms with E-state index in [0.29, 0.717) is 0 Å². The minimum absolute atomic E-state index is 0.741. The Bertz CT molecular complexity index is 1230. The molecule has 1 nitrogen and oxygen atoms in total. The maximum absolute atomic E-state index is 6.28. The van der Waals surface area contributed by atoms with Crippen LogP contribution >= 0.6 is 23.2 Å². The number of aromatic nitrogens is 1. The first-order valence-corrected chi connectivity index (χ1v) is 8.19. The molecule has 23 heavy (non-hydrogen) atoms. The molecule has 2 aromatic heterocycles. The van der Waals surface area contributed by atoms with E-state index in [4.69, 9.17) is 23.2 Å². The van der Waals surface area contributed by atoms with Crippen LogP contribution in [0, 0.1) is 0 Å². The molecule has 3 heteroatoms. The van der Waals surface area contributed by atoms with Gasteiger partial charge in [-0.2, -0.15) is 0 Å². The van der Waals surface area contributed by atoms with Gasteiger partial charge < -0.3 is 4.40 Å². The SMILES string of the molecule is Clc1ccc2c3ccc(Cl)cc3n3c4ccccc4cc3c2c1. The van der Waals surface area contributed by atoms with Crippen LogP contribution in [0.15, 0.2) is 66.7 Å². The lowest BCUT2D eigenvalue weighted by Gasteiger charge is -2.10. The van der Waals surface area contributed by atoms with Gasteiger partial charge in [0.1, 0.15) is 0 Å². The second-order valence-electron chi connectivity index (χ2n) is 5.78. The summed E-state index contributed by atoms with van der Waals surface area (Å²) in [5, 5.41) is 6.22. The summed E-state index contributed by atoms with van der Waals surface area (Å²) in [6, 6.07) is 22.7. The molecule has 0 saturated heterocycles. The summed E-state index contributed by atoms with van der Waals surface area (Å²) in [6.45, 7) is 0. The molecular formula is C20H11Cl2N. The summed E-state index contributed by atoms with van der Waals surface area (Å²) >= 11 is 12.5. The molecule has 0 atom stereocenters. The average Bonchev–Trinajstić information content (AvgIpc) is 2.95. The average molecular weight is 336 g/mol. The van der Waals surface area contributed by atoms with Gasteiger partial charge in [-0.3, -0.25) is 0 Å². The van der Waals surface area contributed by atoms with Crippen molar-refractivity contribution in [1.82, 2.24) is 4.40 Å². The topological polar surface area (TPSA) is 4.41 Å². The first-order valence-electron chi connectivity index (χ1n) is 7.43. The number of benzene rings is 3. The van der Waals surface area contributed by atoms with Crippen LogP contribution in [0.4, 0.5) is 0 Å². The van der Waals surface area contributed by atoms with Gasteiger partial charge >= 0.3 is 0 Å². The maximum Gasteiger partial charge on any atom is 0.0555 e. The Hall–Kier alpha value is -2.22. The van der Waals surface area contributed by atoms with Gasteiger partial charge in [0.15, 0.2) is 0 Å². The summed E-state index contributed by atoms with van der Waals surface area (Å²) in [7, 11) is 0. The summed E-state index contributed by atoms with van der Waals surface area (Å²) in [6.07, 6.45) is 0. The third kappa shape index (κ3) is 1.81. The molecule has 0 bridgehead atoms. The molecule has 0 aliphatic heterocycles. The minimum atomic E-state index is 0.741. The lowest BCUT2D eigenvalue weighted by Crippen LogP contribution is -1.90. The van der Waals surface area contributed by atoms with Crippen molar-refractivity contribution in [1.29, 1.82) is 0 Å². The molecule has 3 aromatic carbocycles. The van der Waals surface area contributed by atoms with Crippen LogP contribution in [0.3, 0.4) is 0 Å². The number of para-hydroxylation sites is 1. The quantitative estimate of drug-likeness (QED) is 0.277. The normalized spacial score (nSPS) is 11.9. The Kier molecular flexibility index (Phi) is 2.67. The summed E-state index contributed by atoms with van der Waals surface area (Å²) < 4.78 is 2.27. The molecule has 110 valence electrons. The Balaban J connectivity index is 2.21. The van der Waals surface area contributed by atoms with Crippen molar-refractivity contribution in [2.45, 2.75) is 0 Å². The minimum Gasteiger partial charge on any atom is -0.309 e. The number of hydrogen-bond donors (Lipinski definition) is 0. The van der Waals surface area contributed by atoms with Crippen molar-refractivity contribution >= 4 is 61.3 Å². The highest BCUT2D eigenvalue weighted by atomic mass is 35.5. The Labute approximate surface area is 142 Å². The van der Waals surface area contributed by atoms with Gasteiger partial charge in [-0.05, 0) is 41.8 Å². The molecule has 0 aliphatic carbocycles. The third-order valence-electron chi connectivity index (χ3n) is 4.46. The van der Waals surface area contributed by atoms with Crippen molar-refractivity contribution in [3.8, 4) is 0 Å². The molecule has 0 fully saturated rings. The highest BCUT2D eigenvalue weighted by Gasteiger charge is 2.12. The number of nitrogens with zero attached hydrogens (tertiary/aromatic N) is 1. The lowest BCUT2D eigenvalue weighted by molar-refractivity contribution is 1.35. The number of fused-ring (bicyclic) bond motifs is 8. The summed E-state index contributed by atoms with van der Waals surface area (Å²) in [5.41, 5.74) is 3.44. The standard InChI is InChI=1S/C20H11Cl2N/c21-13-5-7-15-16-8-6-14(22)11-20(16)23-18-4-2-1-3-12(18)9-19(23)17(15)10-13/h1-11H. The Morgan fingerprint density at radius 3 is 2.13 bits per heavy atom. The lowest BCUT2D eigenvalue weighted by atomic mass is 10.0. The molecule has 0 spiro atoms. The molecule has 0 aliphatic rings. The number of hydrogen-bond acceptors (Lipinski definition) is 0. The van der Waals surface area contributed by atoms with E-state index >= 15 is 0 Å². The van der Waals surface area contributed by atoms with Crippen LogP contribution in [0.1, 0.15) is 0 Å². The van der Waals surface area contributed by atoms with Crippen LogP contribution < -0.4 is 0 Å². The van der Waals surface area contributed by atoms with Crippen LogP contribution in [0.5, 0.6) is 0 Å². The fourth-order valence-corrected chi connectivity index (χ4v) is 3.83. The van der Waals surface area contributed by atoms with Gasteiger partial charge in [0, 0.05) is 26.2 Å². The predicted molar refractivity (Wildman–Crippen MR) is 99.9 cm³/mol. The smallest absolute Gasteiger partial charge is 0.0555 e. The van der Waals surface area contributed by atoms with E-state index in [2.05, 4.69) is 46.9 Å². The Morgan fingerprint density at radius 1 is 0.565 bits per heavy atom. The van der Waals surface area contributed by atoms with E-state index < -0.39 is 0 Å². The monoisotopic (exact) mass is 335 g/mol. The van der Waals surface area contributed by atoms with Crippen LogP contribution in [0.2, 0.25) is 10.0 Å². The van der Waals surface area contributed by atoms with E-state index in [1.54, 1.807) is 0 Å². The van der Waals surface area contributed by atoms with Crippen LogP contribution in [-0.2, 0) is 0 Å². The van der Waals surface area contributed by atoms with E-state index in [9.17, 15) is 0 Å². The zero-order valence-corrected chi connectivity index (χ0v) is 13.6. The number of halogens is 2. The second kappa shape index (κ2) is 4.64. The fraction of sp³-hybridized carbons (Fsp3) is 0. The molecule has 0 unspecified atom stereocenters. The first kappa shape index (κ1) is 13.2. The zero-order valence-electron chi connectivity index (χ0n) is 12.1. The van der Waals surface area contributed by atoms with Gasteiger partial charge in [-0.15, -0.1) is 0 Å². The van der Waals surface area contributed by atoms with E-state index in [0.717, 1.165) is 26.5 Å². The first-order chi connectivity index (χ1) is 11.2. The van der Waals surface area contributed by atoms with Crippen molar-refractivity contribution in [2.75, 3.05) is 0 Å². The summed E-state index contributed by atoms with van der Waals surface area (Å²) in [4.78, 5) is 0. The van der Waals surface area contributed by atoms with Crippen molar-refractivity contribution < 1.29 is 0 Å². The number of pyridine rings is 1. The van der Waals surface area contributed by atoms with Gasteiger partial charge in [0.25, 0.3) is 0 Å². The van der Waals surface area contributed by atoms with Gasteiger partial charge in [-0.25, -0.2) is 0 Å². The van der Waals surface area contributed by atoms with Gasteiger partial charge in [-0.1, -0.05) is 53.5 Å². The second-order valence-corrected chi connectivity index (χ2v) is 6.65. The van der Waals surface area contributed by atoms with Gasteiger partial charge in [0.05, 0.1) is 16.6 Å². The predicted octanol–water partition coefficient (Wildman–Crippen LogP) is 6.71. The van der Waals surface area contributed by atoms with Crippen LogP contribution in [0.25, 0.3) is 38.1 Å². The molecule has 0 radical (unpaired) electrons. The highest BCUT2D eigenvalue weighted by Crippen LogP contribution is 2.36. The fourth-order valence-electron chi connectivity index (χ4n) is 3.49. The van der Waals surface area contributed by atoms with E-state index in [1.807, 2.05) is 24.3 Å².